The van der Waals surface area contributed by atoms with Gasteiger partial charge in [0.25, 0.3) is 0 Å². The lowest BCUT2D eigenvalue weighted by Crippen LogP contribution is -2.37. The minimum atomic E-state index is -4.86. The minimum Gasteiger partial charge on any atom is -0.327 e. The van der Waals surface area contributed by atoms with E-state index >= 15 is 0 Å². The van der Waals surface area contributed by atoms with Crippen molar-refractivity contribution < 1.29 is 22.4 Å². The SMILES string of the molecule is N[C@@H]1CCC[C@@H]1C(=O)N(Cl)c1ccc(F)c(C(F)(F)F)c1. The van der Waals surface area contributed by atoms with Crippen molar-refractivity contribution in [2.24, 2.45) is 11.7 Å². The van der Waals surface area contributed by atoms with E-state index in [0.717, 1.165) is 12.5 Å². The normalized spacial score (nSPS) is 22.4. The smallest absolute Gasteiger partial charge is 0.327 e. The largest absolute Gasteiger partial charge is 0.419 e. The van der Waals surface area contributed by atoms with Crippen molar-refractivity contribution >= 4 is 23.4 Å². The van der Waals surface area contributed by atoms with E-state index in [1.54, 1.807) is 0 Å². The number of carbonyl (C=O) groups excluding carboxylic acids is 1. The summed E-state index contributed by atoms with van der Waals surface area (Å²) in [5.41, 5.74) is 4.08. The Morgan fingerprint density at radius 1 is 1.33 bits per heavy atom. The number of nitrogens with zero attached hydrogens (tertiary/aromatic N) is 1. The van der Waals surface area contributed by atoms with E-state index in [9.17, 15) is 22.4 Å². The highest BCUT2D eigenvalue weighted by Crippen LogP contribution is 2.35. The maximum absolute atomic E-state index is 13.2. The quantitative estimate of drug-likeness (QED) is 0.669. The maximum Gasteiger partial charge on any atom is 0.419 e. The van der Waals surface area contributed by atoms with E-state index in [1.165, 1.54) is 0 Å². The molecule has 3 nitrogen and oxygen atoms in total. The van der Waals surface area contributed by atoms with Crippen LogP contribution in [-0.2, 0) is 11.0 Å². The zero-order valence-electron chi connectivity index (χ0n) is 10.8. The van der Waals surface area contributed by atoms with Gasteiger partial charge in [-0.2, -0.15) is 13.2 Å². The summed E-state index contributed by atoms with van der Waals surface area (Å²) < 4.78 is 51.7. The van der Waals surface area contributed by atoms with Crippen LogP contribution in [0.2, 0.25) is 0 Å². The molecule has 1 fully saturated rings. The molecule has 0 aliphatic heterocycles. The predicted octanol–water partition coefficient (Wildman–Crippen LogP) is 3.46. The Kier molecular flexibility index (Phi) is 4.43. The number of rotatable bonds is 2. The van der Waals surface area contributed by atoms with E-state index < -0.39 is 29.4 Å². The maximum atomic E-state index is 13.2. The summed E-state index contributed by atoms with van der Waals surface area (Å²) >= 11 is 5.81. The molecule has 0 bridgehead atoms. The molecule has 0 heterocycles. The average Bonchev–Trinajstić information content (AvgIpc) is 2.82. The molecule has 1 aromatic rings. The van der Waals surface area contributed by atoms with E-state index in [0.29, 0.717) is 29.4 Å². The number of amides is 1. The molecule has 0 saturated heterocycles. The number of anilines is 1. The Balaban J connectivity index is 2.27. The molecule has 1 aliphatic rings. The van der Waals surface area contributed by atoms with Gasteiger partial charge in [0.15, 0.2) is 0 Å². The van der Waals surface area contributed by atoms with E-state index in [4.69, 9.17) is 17.5 Å². The van der Waals surface area contributed by atoms with Crippen LogP contribution < -0.4 is 10.2 Å². The zero-order valence-corrected chi connectivity index (χ0v) is 11.6. The van der Waals surface area contributed by atoms with Gasteiger partial charge in [-0.05, 0) is 31.0 Å². The number of nitrogens with two attached hydrogens (primary N) is 1. The molecule has 116 valence electrons. The molecular formula is C13H13ClF4N2O. The third kappa shape index (κ3) is 3.29. The highest BCUT2D eigenvalue weighted by molar-refractivity contribution is 6.37. The van der Waals surface area contributed by atoms with Gasteiger partial charge >= 0.3 is 6.18 Å². The molecule has 2 rings (SSSR count). The third-order valence-electron chi connectivity index (χ3n) is 3.56. The van der Waals surface area contributed by atoms with Crippen LogP contribution in [0.25, 0.3) is 0 Å². The summed E-state index contributed by atoms with van der Waals surface area (Å²) in [5.74, 6) is -2.51. The fourth-order valence-corrected chi connectivity index (χ4v) is 2.65. The molecule has 21 heavy (non-hydrogen) atoms. The standard InChI is InChI=1S/C13H13ClF4N2O/c14-20(12(21)8-2-1-3-11(8)19)7-4-5-10(15)9(6-7)13(16,17)18/h4-6,8,11H,1-3,19H2/t8-,11+/m0/s1. The third-order valence-corrected chi connectivity index (χ3v) is 3.92. The van der Waals surface area contributed by atoms with E-state index in [1.807, 2.05) is 0 Å². The second-order valence-electron chi connectivity index (χ2n) is 4.98. The van der Waals surface area contributed by atoms with Crippen LogP contribution in [0.15, 0.2) is 18.2 Å². The first-order valence-corrected chi connectivity index (χ1v) is 6.67. The summed E-state index contributed by atoms with van der Waals surface area (Å²) in [6.07, 6.45) is -2.89. The number of benzene rings is 1. The van der Waals surface area contributed by atoms with Gasteiger partial charge < -0.3 is 5.73 Å². The summed E-state index contributed by atoms with van der Waals surface area (Å²) in [5, 5.41) is 0. The minimum absolute atomic E-state index is 0.227. The number of halogens is 5. The van der Waals surface area contributed by atoms with Gasteiger partial charge in [0, 0.05) is 17.8 Å². The zero-order chi connectivity index (χ0) is 15.8. The van der Waals surface area contributed by atoms with Crippen molar-refractivity contribution in [3.63, 3.8) is 0 Å². The average molecular weight is 325 g/mol. The molecule has 2 atom stereocenters. The monoisotopic (exact) mass is 324 g/mol. The number of hydrogen-bond donors (Lipinski definition) is 1. The van der Waals surface area contributed by atoms with Crippen LogP contribution >= 0.6 is 11.8 Å². The second-order valence-corrected chi connectivity index (χ2v) is 5.32. The lowest BCUT2D eigenvalue weighted by Gasteiger charge is -2.21. The van der Waals surface area contributed by atoms with Crippen LogP contribution in [0, 0.1) is 11.7 Å². The molecule has 0 unspecified atom stereocenters. The molecule has 1 aliphatic carbocycles. The van der Waals surface area contributed by atoms with Crippen LogP contribution in [0.1, 0.15) is 24.8 Å². The van der Waals surface area contributed by atoms with Gasteiger partial charge in [-0.1, -0.05) is 6.42 Å². The van der Waals surface area contributed by atoms with E-state index in [2.05, 4.69) is 0 Å². The Morgan fingerprint density at radius 3 is 2.52 bits per heavy atom. The number of hydrogen-bond acceptors (Lipinski definition) is 2. The fraction of sp³-hybridized carbons (Fsp3) is 0.462. The van der Waals surface area contributed by atoms with Crippen LogP contribution in [0.3, 0.4) is 0 Å². The van der Waals surface area contributed by atoms with Gasteiger partial charge in [-0.15, -0.1) is 0 Å². The summed E-state index contributed by atoms with van der Waals surface area (Å²) in [7, 11) is 0. The Labute approximate surface area is 123 Å². The highest BCUT2D eigenvalue weighted by Gasteiger charge is 2.37. The van der Waals surface area contributed by atoms with Gasteiger partial charge in [0.1, 0.15) is 5.82 Å². The molecule has 2 N–H and O–H groups in total. The van der Waals surface area contributed by atoms with Crippen LogP contribution in [0.5, 0.6) is 0 Å². The van der Waals surface area contributed by atoms with Crippen molar-refractivity contribution in [2.75, 3.05) is 4.42 Å². The Morgan fingerprint density at radius 2 is 2.00 bits per heavy atom. The molecule has 1 saturated carbocycles. The molecule has 0 radical (unpaired) electrons. The summed E-state index contributed by atoms with van der Waals surface area (Å²) in [6, 6.07) is 1.81. The van der Waals surface area contributed by atoms with Gasteiger partial charge in [-0.25, -0.2) is 8.81 Å². The van der Waals surface area contributed by atoms with Crippen LogP contribution in [0.4, 0.5) is 23.2 Å². The Bertz CT molecular complexity index is 549. The van der Waals surface area contributed by atoms with Gasteiger partial charge in [-0.3, -0.25) is 4.79 Å². The molecule has 0 aromatic heterocycles. The molecule has 1 amide bonds. The van der Waals surface area contributed by atoms with Crippen molar-refractivity contribution in [1.82, 2.24) is 0 Å². The highest BCUT2D eigenvalue weighted by atomic mass is 35.5. The fourth-order valence-electron chi connectivity index (χ4n) is 2.42. The van der Waals surface area contributed by atoms with Crippen molar-refractivity contribution in [1.29, 1.82) is 0 Å². The topological polar surface area (TPSA) is 46.3 Å². The molecule has 0 spiro atoms. The first-order chi connectivity index (χ1) is 9.71. The molecular weight excluding hydrogens is 312 g/mol. The van der Waals surface area contributed by atoms with E-state index in [-0.39, 0.29) is 11.7 Å². The Hall–Kier alpha value is -1.34. The number of alkyl halides is 3. The van der Waals surface area contributed by atoms with Gasteiger partial charge in [0.05, 0.1) is 17.2 Å². The van der Waals surface area contributed by atoms with Crippen molar-refractivity contribution in [3.05, 3.63) is 29.6 Å². The summed E-state index contributed by atoms with van der Waals surface area (Å²) in [4.78, 5) is 12.1. The first kappa shape index (κ1) is 16.0. The van der Waals surface area contributed by atoms with Crippen molar-refractivity contribution in [3.8, 4) is 0 Å². The lowest BCUT2D eigenvalue weighted by molar-refractivity contribution is -0.140. The number of carbonyl (C=O) groups is 1. The van der Waals surface area contributed by atoms with Crippen molar-refractivity contribution in [2.45, 2.75) is 31.5 Å². The first-order valence-electron chi connectivity index (χ1n) is 6.34. The summed E-state index contributed by atoms with van der Waals surface area (Å²) in [6.45, 7) is 0. The molecule has 8 heteroatoms. The van der Waals surface area contributed by atoms with Crippen LogP contribution in [-0.4, -0.2) is 11.9 Å². The molecule has 1 aromatic carbocycles. The predicted molar refractivity (Wildman–Crippen MR) is 70.1 cm³/mol. The second kappa shape index (κ2) is 5.81. The van der Waals surface area contributed by atoms with Gasteiger partial charge in [0.2, 0.25) is 5.91 Å². The lowest BCUT2D eigenvalue weighted by atomic mass is 10.0.